The van der Waals surface area contributed by atoms with E-state index in [9.17, 15) is 13.2 Å². The van der Waals surface area contributed by atoms with Crippen molar-refractivity contribution >= 4 is 44.8 Å². The molecule has 0 aliphatic carbocycles. The summed E-state index contributed by atoms with van der Waals surface area (Å²) in [6.07, 6.45) is 2.50. The van der Waals surface area contributed by atoms with E-state index in [1.807, 2.05) is 24.3 Å². The van der Waals surface area contributed by atoms with Crippen molar-refractivity contribution in [2.75, 3.05) is 23.7 Å². The lowest BCUT2D eigenvalue weighted by Gasteiger charge is -2.22. The fraction of sp³-hybridized carbons (Fsp3) is 0.316. The van der Waals surface area contributed by atoms with Gasteiger partial charge in [-0.15, -0.1) is 0 Å². The van der Waals surface area contributed by atoms with Crippen molar-refractivity contribution in [3.8, 4) is 0 Å². The van der Waals surface area contributed by atoms with E-state index in [0.29, 0.717) is 35.1 Å². The number of nitrogens with one attached hydrogen (secondary N) is 1. The third-order valence-corrected chi connectivity index (χ3v) is 5.59. The number of benzene rings is 2. The zero-order valence-electron chi connectivity index (χ0n) is 15.0. The first-order valence-electron chi connectivity index (χ1n) is 8.50. The van der Waals surface area contributed by atoms with Gasteiger partial charge in [-0.3, -0.25) is 9.10 Å². The molecule has 0 unspecified atom stereocenters. The van der Waals surface area contributed by atoms with Crippen LogP contribution < -0.4 is 9.62 Å². The number of rotatable bonds is 9. The normalized spacial score (nSPS) is 11.2. The van der Waals surface area contributed by atoms with Gasteiger partial charge in [0.05, 0.1) is 11.9 Å². The SMILES string of the molecule is CS(=O)(=O)N(CCCC(=O)NCCc1ccc(Cl)cc1)c1cccc(Cl)c1. The summed E-state index contributed by atoms with van der Waals surface area (Å²) in [4.78, 5) is 12.0. The van der Waals surface area contributed by atoms with Crippen LogP contribution in [0.2, 0.25) is 10.0 Å². The van der Waals surface area contributed by atoms with Crippen LogP contribution in [0.4, 0.5) is 5.69 Å². The Kier molecular flexibility index (Phi) is 7.95. The van der Waals surface area contributed by atoms with Crippen LogP contribution in [0.15, 0.2) is 48.5 Å². The third kappa shape index (κ3) is 7.40. The summed E-state index contributed by atoms with van der Waals surface area (Å²) in [5, 5.41) is 3.98. The average Bonchev–Trinajstić information content (AvgIpc) is 2.59. The summed E-state index contributed by atoms with van der Waals surface area (Å²) in [6.45, 7) is 0.730. The van der Waals surface area contributed by atoms with Crippen LogP contribution >= 0.6 is 23.2 Å². The van der Waals surface area contributed by atoms with Crippen LogP contribution in [-0.4, -0.2) is 33.7 Å². The molecular weight excluding hydrogens is 407 g/mol. The number of anilines is 1. The molecule has 0 atom stereocenters. The molecule has 1 N–H and O–H groups in total. The van der Waals surface area contributed by atoms with Gasteiger partial charge in [0, 0.05) is 29.6 Å². The molecule has 2 rings (SSSR count). The van der Waals surface area contributed by atoms with E-state index in [1.165, 1.54) is 4.31 Å². The molecular formula is C19H22Cl2N2O3S. The molecule has 0 fully saturated rings. The van der Waals surface area contributed by atoms with Crippen molar-refractivity contribution in [1.82, 2.24) is 5.32 Å². The minimum atomic E-state index is -3.46. The van der Waals surface area contributed by atoms with E-state index in [0.717, 1.165) is 11.8 Å². The van der Waals surface area contributed by atoms with Gasteiger partial charge in [0.25, 0.3) is 0 Å². The topological polar surface area (TPSA) is 66.5 Å². The van der Waals surface area contributed by atoms with Gasteiger partial charge in [-0.1, -0.05) is 41.4 Å². The van der Waals surface area contributed by atoms with Crippen LogP contribution in [0.3, 0.4) is 0 Å². The van der Waals surface area contributed by atoms with Crippen LogP contribution in [-0.2, 0) is 21.2 Å². The molecule has 0 spiro atoms. The Morgan fingerprint density at radius 2 is 1.78 bits per heavy atom. The molecule has 2 aromatic rings. The molecule has 0 radical (unpaired) electrons. The summed E-state index contributed by atoms with van der Waals surface area (Å²) >= 11 is 11.8. The molecule has 1 amide bonds. The molecule has 8 heteroatoms. The van der Waals surface area contributed by atoms with Crippen LogP contribution in [0, 0.1) is 0 Å². The average molecular weight is 429 g/mol. The highest BCUT2D eigenvalue weighted by Crippen LogP contribution is 2.22. The quantitative estimate of drug-likeness (QED) is 0.658. The van der Waals surface area contributed by atoms with Crippen LogP contribution in [0.5, 0.6) is 0 Å². The maximum atomic E-state index is 12.0. The fourth-order valence-corrected chi connectivity index (χ4v) is 3.85. The van der Waals surface area contributed by atoms with Gasteiger partial charge in [-0.25, -0.2) is 8.42 Å². The lowest BCUT2D eigenvalue weighted by Crippen LogP contribution is -2.32. The largest absolute Gasteiger partial charge is 0.356 e. The molecule has 0 saturated carbocycles. The van der Waals surface area contributed by atoms with Gasteiger partial charge >= 0.3 is 0 Å². The van der Waals surface area contributed by atoms with Crippen molar-refractivity contribution in [2.24, 2.45) is 0 Å². The lowest BCUT2D eigenvalue weighted by atomic mass is 10.1. The monoisotopic (exact) mass is 428 g/mol. The van der Waals surface area contributed by atoms with Crippen molar-refractivity contribution in [1.29, 1.82) is 0 Å². The van der Waals surface area contributed by atoms with Gasteiger partial charge in [-0.2, -0.15) is 0 Å². The first-order valence-corrected chi connectivity index (χ1v) is 11.1. The van der Waals surface area contributed by atoms with Crippen LogP contribution in [0.1, 0.15) is 18.4 Å². The number of hydrogen-bond acceptors (Lipinski definition) is 3. The predicted octanol–water partition coefficient (Wildman–Crippen LogP) is 3.90. The second-order valence-electron chi connectivity index (χ2n) is 6.14. The summed E-state index contributed by atoms with van der Waals surface area (Å²) in [7, 11) is -3.46. The zero-order valence-corrected chi connectivity index (χ0v) is 17.3. The van der Waals surface area contributed by atoms with E-state index in [-0.39, 0.29) is 18.9 Å². The van der Waals surface area contributed by atoms with Crippen molar-refractivity contribution in [2.45, 2.75) is 19.3 Å². The summed E-state index contributed by atoms with van der Waals surface area (Å²) in [5.41, 5.74) is 1.58. The highest BCUT2D eigenvalue weighted by atomic mass is 35.5. The predicted molar refractivity (Wildman–Crippen MR) is 111 cm³/mol. The second kappa shape index (κ2) is 9.97. The third-order valence-electron chi connectivity index (χ3n) is 3.91. The summed E-state index contributed by atoms with van der Waals surface area (Å²) in [5.74, 6) is -0.108. The maximum Gasteiger partial charge on any atom is 0.232 e. The van der Waals surface area contributed by atoms with Crippen molar-refractivity contribution < 1.29 is 13.2 Å². The Morgan fingerprint density at radius 3 is 2.41 bits per heavy atom. The van der Waals surface area contributed by atoms with Gasteiger partial charge < -0.3 is 5.32 Å². The first kappa shape index (κ1) is 21.5. The molecule has 0 heterocycles. The molecule has 2 aromatic carbocycles. The minimum Gasteiger partial charge on any atom is -0.356 e. The molecule has 5 nitrogen and oxygen atoms in total. The molecule has 0 aromatic heterocycles. The molecule has 0 bridgehead atoms. The highest BCUT2D eigenvalue weighted by Gasteiger charge is 2.17. The van der Waals surface area contributed by atoms with E-state index in [2.05, 4.69) is 5.32 Å². The van der Waals surface area contributed by atoms with Gasteiger partial charge in [0.15, 0.2) is 0 Å². The molecule has 0 aliphatic heterocycles. The summed E-state index contributed by atoms with van der Waals surface area (Å²) in [6, 6.07) is 14.1. The maximum absolute atomic E-state index is 12.0. The second-order valence-corrected chi connectivity index (χ2v) is 8.92. The number of hydrogen-bond donors (Lipinski definition) is 1. The Labute approximate surface area is 170 Å². The number of carbonyl (C=O) groups excluding carboxylic acids is 1. The van der Waals surface area contributed by atoms with Crippen LogP contribution in [0.25, 0.3) is 0 Å². The van der Waals surface area contributed by atoms with Gasteiger partial charge in [0.1, 0.15) is 0 Å². The highest BCUT2D eigenvalue weighted by molar-refractivity contribution is 7.92. The molecule has 27 heavy (non-hydrogen) atoms. The Balaban J connectivity index is 1.80. The summed E-state index contributed by atoms with van der Waals surface area (Å²) < 4.78 is 25.4. The fourth-order valence-electron chi connectivity index (χ4n) is 2.59. The molecule has 0 aliphatic rings. The number of sulfonamides is 1. The number of halogens is 2. The van der Waals surface area contributed by atoms with Gasteiger partial charge in [0.2, 0.25) is 15.9 Å². The Bertz CT molecular complexity index is 871. The smallest absolute Gasteiger partial charge is 0.232 e. The van der Waals surface area contributed by atoms with E-state index in [4.69, 9.17) is 23.2 Å². The Morgan fingerprint density at radius 1 is 1.07 bits per heavy atom. The Hall–Kier alpha value is -1.76. The minimum absolute atomic E-state index is 0.108. The van der Waals surface area contributed by atoms with E-state index < -0.39 is 10.0 Å². The number of amides is 1. The molecule has 0 saturated heterocycles. The number of carbonyl (C=O) groups is 1. The van der Waals surface area contributed by atoms with Gasteiger partial charge in [-0.05, 0) is 48.7 Å². The molecule has 146 valence electrons. The first-order chi connectivity index (χ1) is 12.8. The van der Waals surface area contributed by atoms with Crippen molar-refractivity contribution in [3.63, 3.8) is 0 Å². The lowest BCUT2D eigenvalue weighted by molar-refractivity contribution is -0.121. The number of nitrogens with zero attached hydrogens (tertiary/aromatic N) is 1. The standard InChI is InChI=1S/C19H22Cl2N2O3S/c1-27(25,26)23(18-5-2-4-17(21)14-18)13-3-6-19(24)22-12-11-15-7-9-16(20)10-8-15/h2,4-5,7-10,14H,3,6,11-13H2,1H3,(H,22,24). The van der Waals surface area contributed by atoms with E-state index in [1.54, 1.807) is 24.3 Å². The zero-order chi connectivity index (χ0) is 19.9. The van der Waals surface area contributed by atoms with E-state index >= 15 is 0 Å². The van der Waals surface area contributed by atoms with Crippen molar-refractivity contribution in [3.05, 3.63) is 64.1 Å².